The molecular weight excluding hydrogens is 252 g/mol. The second-order valence-corrected chi connectivity index (χ2v) is 5.97. The van der Waals surface area contributed by atoms with Crippen LogP contribution in [-0.2, 0) is 0 Å². The van der Waals surface area contributed by atoms with Crippen molar-refractivity contribution in [1.29, 1.82) is 0 Å². The van der Waals surface area contributed by atoms with Gasteiger partial charge in [0.25, 0.3) is 5.91 Å². The van der Waals surface area contributed by atoms with Gasteiger partial charge in [-0.1, -0.05) is 12.1 Å². The summed E-state index contributed by atoms with van der Waals surface area (Å²) in [6.07, 6.45) is 2.08. The summed E-state index contributed by atoms with van der Waals surface area (Å²) in [5.41, 5.74) is 1.18. The maximum absolute atomic E-state index is 12.5. The normalized spacial score (nSPS) is 16.7. The van der Waals surface area contributed by atoms with Crippen LogP contribution in [0.25, 0.3) is 0 Å². The zero-order chi connectivity index (χ0) is 14.7. The first-order valence-electron chi connectivity index (χ1n) is 7.21. The van der Waals surface area contributed by atoms with Crippen LogP contribution < -0.4 is 0 Å². The molecule has 0 saturated carbocycles. The van der Waals surface area contributed by atoms with Crippen molar-refractivity contribution in [2.24, 2.45) is 5.92 Å². The Bertz CT molecular complexity index is 477. The molecule has 0 radical (unpaired) electrons. The molecule has 1 aromatic carbocycles. The maximum Gasteiger partial charge on any atom is 0.257 e. The summed E-state index contributed by atoms with van der Waals surface area (Å²) in [6.45, 7) is 4.46. The molecule has 0 unspecified atom stereocenters. The molecule has 2 rings (SSSR count). The number of aryl methyl sites for hydroxylation is 1. The van der Waals surface area contributed by atoms with Crippen LogP contribution in [0, 0.1) is 12.8 Å². The van der Waals surface area contributed by atoms with E-state index in [1.807, 2.05) is 24.0 Å². The summed E-state index contributed by atoms with van der Waals surface area (Å²) in [6, 6.07) is 5.34. The van der Waals surface area contributed by atoms with E-state index >= 15 is 0 Å². The van der Waals surface area contributed by atoms with Crippen molar-refractivity contribution in [2.45, 2.75) is 19.8 Å². The number of nitrogens with zero attached hydrogens (tertiary/aromatic N) is 2. The second kappa shape index (κ2) is 6.27. The molecule has 1 fully saturated rings. The summed E-state index contributed by atoms with van der Waals surface area (Å²) < 4.78 is 0. The minimum absolute atomic E-state index is 0.0468. The van der Waals surface area contributed by atoms with Gasteiger partial charge in [0.15, 0.2) is 0 Å². The quantitative estimate of drug-likeness (QED) is 0.919. The standard InChI is InChI=1S/C16H24N2O2/c1-12-5-4-6-14(15(12)19)16(20)18-9-7-13(8-10-18)11-17(2)3/h4-6,13,19H,7-11H2,1-3H3. The van der Waals surface area contributed by atoms with Crippen LogP contribution in [0.4, 0.5) is 0 Å². The molecule has 1 aromatic rings. The monoisotopic (exact) mass is 276 g/mol. The Balaban J connectivity index is 2.00. The molecule has 20 heavy (non-hydrogen) atoms. The molecule has 1 aliphatic heterocycles. The number of phenols is 1. The third kappa shape index (κ3) is 3.31. The van der Waals surface area contributed by atoms with Gasteiger partial charge in [0.05, 0.1) is 5.56 Å². The number of amides is 1. The fraction of sp³-hybridized carbons (Fsp3) is 0.562. The number of aromatic hydroxyl groups is 1. The molecular formula is C16H24N2O2. The van der Waals surface area contributed by atoms with Gasteiger partial charge >= 0.3 is 0 Å². The Morgan fingerprint density at radius 2 is 2.00 bits per heavy atom. The molecule has 0 spiro atoms. The maximum atomic E-state index is 12.5. The van der Waals surface area contributed by atoms with Gasteiger partial charge < -0.3 is 14.9 Å². The van der Waals surface area contributed by atoms with Gasteiger partial charge in [-0.3, -0.25) is 4.79 Å². The van der Waals surface area contributed by atoms with E-state index in [1.165, 1.54) is 0 Å². The molecule has 1 heterocycles. The van der Waals surface area contributed by atoms with E-state index in [2.05, 4.69) is 19.0 Å². The Hall–Kier alpha value is -1.55. The van der Waals surface area contributed by atoms with Crippen molar-refractivity contribution in [2.75, 3.05) is 33.7 Å². The van der Waals surface area contributed by atoms with Crippen LogP contribution in [0.5, 0.6) is 5.75 Å². The van der Waals surface area contributed by atoms with Crippen molar-refractivity contribution >= 4 is 5.91 Å². The molecule has 0 atom stereocenters. The molecule has 1 aliphatic rings. The zero-order valence-electron chi connectivity index (χ0n) is 12.6. The highest BCUT2D eigenvalue weighted by Crippen LogP contribution is 2.25. The lowest BCUT2D eigenvalue weighted by Gasteiger charge is -2.33. The van der Waals surface area contributed by atoms with Crippen LogP contribution in [0.2, 0.25) is 0 Å². The van der Waals surface area contributed by atoms with Gasteiger partial charge in [-0.25, -0.2) is 0 Å². The third-order valence-corrected chi connectivity index (χ3v) is 3.99. The largest absolute Gasteiger partial charge is 0.507 e. The van der Waals surface area contributed by atoms with Crippen molar-refractivity contribution in [3.05, 3.63) is 29.3 Å². The number of carbonyl (C=O) groups is 1. The first-order valence-corrected chi connectivity index (χ1v) is 7.21. The number of rotatable bonds is 3. The van der Waals surface area contributed by atoms with Crippen LogP contribution in [0.1, 0.15) is 28.8 Å². The van der Waals surface area contributed by atoms with E-state index in [1.54, 1.807) is 6.07 Å². The van der Waals surface area contributed by atoms with Crippen LogP contribution in [0.3, 0.4) is 0 Å². The average molecular weight is 276 g/mol. The third-order valence-electron chi connectivity index (χ3n) is 3.99. The van der Waals surface area contributed by atoms with E-state index in [-0.39, 0.29) is 11.7 Å². The SMILES string of the molecule is Cc1cccc(C(=O)N2CCC(CN(C)C)CC2)c1O. The molecule has 0 aliphatic carbocycles. The topological polar surface area (TPSA) is 43.8 Å². The number of likely N-dealkylation sites (tertiary alicyclic amines) is 1. The summed E-state index contributed by atoms with van der Waals surface area (Å²) in [5, 5.41) is 10.0. The highest BCUT2D eigenvalue weighted by atomic mass is 16.3. The molecule has 4 heteroatoms. The van der Waals surface area contributed by atoms with Crippen molar-refractivity contribution in [1.82, 2.24) is 9.80 Å². The van der Waals surface area contributed by atoms with Gasteiger partial charge in [-0.05, 0) is 51.4 Å². The van der Waals surface area contributed by atoms with Crippen LogP contribution >= 0.6 is 0 Å². The van der Waals surface area contributed by atoms with E-state index in [4.69, 9.17) is 0 Å². The second-order valence-electron chi connectivity index (χ2n) is 5.97. The van der Waals surface area contributed by atoms with Gasteiger partial charge in [0, 0.05) is 19.6 Å². The lowest BCUT2D eigenvalue weighted by Crippen LogP contribution is -2.40. The minimum atomic E-state index is -0.0468. The van der Waals surface area contributed by atoms with Gasteiger partial charge in [0.2, 0.25) is 0 Å². The molecule has 0 bridgehead atoms. The summed E-state index contributed by atoms with van der Waals surface area (Å²) >= 11 is 0. The minimum Gasteiger partial charge on any atom is -0.507 e. The van der Waals surface area contributed by atoms with E-state index in [0.29, 0.717) is 11.5 Å². The predicted molar refractivity (Wildman–Crippen MR) is 80.0 cm³/mol. The highest BCUT2D eigenvalue weighted by Gasteiger charge is 2.25. The molecule has 4 nitrogen and oxygen atoms in total. The first-order chi connectivity index (χ1) is 9.49. The number of piperidine rings is 1. The van der Waals surface area contributed by atoms with E-state index in [9.17, 15) is 9.90 Å². The Labute approximate surface area is 121 Å². The number of phenolic OH excluding ortho intramolecular Hbond substituents is 1. The summed E-state index contributed by atoms with van der Waals surface area (Å²) in [5.74, 6) is 0.738. The number of benzene rings is 1. The van der Waals surface area contributed by atoms with Crippen molar-refractivity contribution in [3.8, 4) is 5.75 Å². The lowest BCUT2D eigenvalue weighted by atomic mass is 9.95. The lowest BCUT2D eigenvalue weighted by molar-refractivity contribution is 0.0675. The fourth-order valence-corrected chi connectivity index (χ4v) is 2.84. The van der Waals surface area contributed by atoms with E-state index in [0.717, 1.165) is 38.0 Å². The van der Waals surface area contributed by atoms with Crippen LogP contribution in [-0.4, -0.2) is 54.5 Å². The smallest absolute Gasteiger partial charge is 0.257 e. The Morgan fingerprint density at radius 1 is 1.35 bits per heavy atom. The molecule has 1 amide bonds. The predicted octanol–water partition coefficient (Wildman–Crippen LogP) is 2.11. The van der Waals surface area contributed by atoms with Gasteiger partial charge in [0.1, 0.15) is 5.75 Å². The van der Waals surface area contributed by atoms with Gasteiger partial charge in [-0.2, -0.15) is 0 Å². The number of hydrogen-bond acceptors (Lipinski definition) is 3. The number of para-hydroxylation sites is 1. The molecule has 110 valence electrons. The zero-order valence-corrected chi connectivity index (χ0v) is 12.6. The molecule has 1 N–H and O–H groups in total. The Morgan fingerprint density at radius 3 is 2.60 bits per heavy atom. The first kappa shape index (κ1) is 14.9. The molecule has 0 aromatic heterocycles. The summed E-state index contributed by atoms with van der Waals surface area (Å²) in [7, 11) is 4.17. The Kier molecular flexibility index (Phi) is 4.65. The van der Waals surface area contributed by atoms with Crippen molar-refractivity contribution < 1.29 is 9.90 Å². The average Bonchev–Trinajstić information content (AvgIpc) is 2.41. The van der Waals surface area contributed by atoms with Crippen LogP contribution in [0.15, 0.2) is 18.2 Å². The van der Waals surface area contributed by atoms with Crippen molar-refractivity contribution in [3.63, 3.8) is 0 Å². The number of hydrogen-bond donors (Lipinski definition) is 1. The fourth-order valence-electron chi connectivity index (χ4n) is 2.84. The number of carbonyl (C=O) groups excluding carboxylic acids is 1. The van der Waals surface area contributed by atoms with Gasteiger partial charge in [-0.15, -0.1) is 0 Å². The van der Waals surface area contributed by atoms with E-state index < -0.39 is 0 Å². The highest BCUT2D eigenvalue weighted by molar-refractivity contribution is 5.97. The molecule has 1 saturated heterocycles. The summed E-state index contributed by atoms with van der Waals surface area (Å²) in [4.78, 5) is 16.5.